The van der Waals surface area contributed by atoms with Crippen molar-refractivity contribution in [3.63, 3.8) is 0 Å². The van der Waals surface area contributed by atoms with Gasteiger partial charge in [0.2, 0.25) is 0 Å². The van der Waals surface area contributed by atoms with Crippen molar-refractivity contribution in [3.8, 4) is 0 Å². The van der Waals surface area contributed by atoms with Crippen LogP contribution >= 0.6 is 0 Å². The molecule has 2 rings (SSSR count). The van der Waals surface area contributed by atoms with Crippen LogP contribution in [0.2, 0.25) is 0 Å². The summed E-state index contributed by atoms with van der Waals surface area (Å²) in [5.41, 5.74) is 11.5. The lowest BCUT2D eigenvalue weighted by Crippen LogP contribution is -2.51. The lowest BCUT2D eigenvalue weighted by molar-refractivity contribution is 0.0532. The molecule has 1 aromatic rings. The lowest BCUT2D eigenvalue weighted by atomic mass is 9.90. The summed E-state index contributed by atoms with van der Waals surface area (Å²) in [6.07, 6.45) is 3.47. The number of likely N-dealkylation sites (tertiary alicyclic amines) is 1. The van der Waals surface area contributed by atoms with E-state index in [9.17, 15) is 9.59 Å². The summed E-state index contributed by atoms with van der Waals surface area (Å²) in [7, 11) is 0. The predicted octanol–water partition coefficient (Wildman–Crippen LogP) is 0.380. The van der Waals surface area contributed by atoms with Crippen molar-refractivity contribution < 1.29 is 9.59 Å². The first kappa shape index (κ1) is 14.5. The highest BCUT2D eigenvalue weighted by Gasteiger charge is 2.31. The van der Waals surface area contributed by atoms with E-state index < -0.39 is 5.91 Å². The largest absolute Gasteiger partial charge is 0.364 e. The summed E-state index contributed by atoms with van der Waals surface area (Å²) in [5.74, 6) is -0.290. The summed E-state index contributed by atoms with van der Waals surface area (Å²) in [6, 6.07) is 3.12. The van der Waals surface area contributed by atoms with E-state index in [1.54, 1.807) is 6.07 Å². The molecule has 2 heterocycles. The third kappa shape index (κ3) is 2.80. The smallest absolute Gasteiger partial charge is 0.267 e. The van der Waals surface area contributed by atoms with Gasteiger partial charge in [0.25, 0.3) is 11.8 Å². The van der Waals surface area contributed by atoms with E-state index in [2.05, 4.69) is 11.9 Å². The lowest BCUT2D eigenvalue weighted by Gasteiger charge is -2.39. The zero-order valence-corrected chi connectivity index (χ0v) is 11.6. The van der Waals surface area contributed by atoms with Crippen LogP contribution in [0.15, 0.2) is 18.3 Å². The quantitative estimate of drug-likeness (QED) is 0.833. The zero-order chi connectivity index (χ0) is 14.7. The maximum atomic E-state index is 12.5. The Kier molecular flexibility index (Phi) is 4.34. The van der Waals surface area contributed by atoms with E-state index >= 15 is 0 Å². The molecule has 1 aliphatic heterocycles. The van der Waals surface area contributed by atoms with Crippen LogP contribution in [0.25, 0.3) is 0 Å². The minimum absolute atomic E-state index is 0.0621. The Labute approximate surface area is 118 Å². The monoisotopic (exact) mass is 276 g/mol. The molecule has 6 nitrogen and oxygen atoms in total. The normalized spacial score (nSPS) is 22.6. The molecule has 1 aromatic heterocycles. The highest BCUT2D eigenvalue weighted by molar-refractivity contribution is 5.96. The zero-order valence-electron chi connectivity index (χ0n) is 11.6. The van der Waals surface area contributed by atoms with Crippen LogP contribution in [0.4, 0.5) is 0 Å². The maximum Gasteiger partial charge on any atom is 0.267 e. The van der Waals surface area contributed by atoms with Crippen LogP contribution in [0.1, 0.15) is 40.6 Å². The van der Waals surface area contributed by atoms with Gasteiger partial charge in [-0.05, 0) is 30.9 Å². The van der Waals surface area contributed by atoms with Crippen molar-refractivity contribution in [2.75, 3.05) is 13.1 Å². The molecule has 0 aliphatic carbocycles. The van der Waals surface area contributed by atoms with Gasteiger partial charge in [-0.15, -0.1) is 0 Å². The van der Waals surface area contributed by atoms with Crippen LogP contribution in [0.5, 0.6) is 0 Å². The second-order valence-corrected chi connectivity index (χ2v) is 5.22. The van der Waals surface area contributed by atoms with Gasteiger partial charge in [0.15, 0.2) is 0 Å². The van der Waals surface area contributed by atoms with Crippen LogP contribution in [0.3, 0.4) is 0 Å². The molecule has 1 fully saturated rings. The molecule has 20 heavy (non-hydrogen) atoms. The average Bonchev–Trinajstić information content (AvgIpc) is 2.46. The van der Waals surface area contributed by atoms with Crippen LogP contribution in [-0.4, -0.2) is 40.8 Å². The molecule has 1 saturated heterocycles. The van der Waals surface area contributed by atoms with Crippen molar-refractivity contribution in [2.45, 2.75) is 25.8 Å². The molecule has 0 saturated carbocycles. The number of hydrogen-bond acceptors (Lipinski definition) is 4. The number of hydrogen-bond donors (Lipinski definition) is 2. The number of rotatable bonds is 3. The maximum absolute atomic E-state index is 12.5. The Morgan fingerprint density at radius 1 is 1.45 bits per heavy atom. The molecular weight excluding hydrogens is 256 g/mol. The molecule has 0 spiro atoms. The first-order valence-corrected chi connectivity index (χ1v) is 6.81. The van der Waals surface area contributed by atoms with Gasteiger partial charge >= 0.3 is 0 Å². The Hall–Kier alpha value is -1.95. The third-order valence-corrected chi connectivity index (χ3v) is 3.88. The van der Waals surface area contributed by atoms with Gasteiger partial charge in [-0.25, -0.2) is 0 Å². The van der Waals surface area contributed by atoms with Crippen molar-refractivity contribution in [1.29, 1.82) is 0 Å². The van der Waals surface area contributed by atoms with E-state index in [4.69, 9.17) is 11.5 Å². The highest BCUT2D eigenvalue weighted by atomic mass is 16.2. The van der Waals surface area contributed by atoms with Gasteiger partial charge in [0.05, 0.1) is 5.56 Å². The molecule has 2 unspecified atom stereocenters. The number of carbonyl (C=O) groups excluding carboxylic acids is 2. The van der Waals surface area contributed by atoms with E-state index in [1.807, 2.05) is 4.90 Å². The fourth-order valence-electron chi connectivity index (χ4n) is 2.69. The van der Waals surface area contributed by atoms with Gasteiger partial charge in [0, 0.05) is 25.3 Å². The van der Waals surface area contributed by atoms with Crippen molar-refractivity contribution >= 4 is 11.8 Å². The van der Waals surface area contributed by atoms with Crippen molar-refractivity contribution in [3.05, 3.63) is 29.6 Å². The van der Waals surface area contributed by atoms with Gasteiger partial charge < -0.3 is 16.4 Å². The standard InChI is InChI=1S/C14H20N4O2/c1-9-3-2-6-18(12(9)7-15)14(20)10-4-5-11(13(16)19)17-8-10/h4-5,8-9,12H,2-3,6-7,15H2,1H3,(H2,16,19). The van der Waals surface area contributed by atoms with E-state index in [-0.39, 0.29) is 17.6 Å². The molecule has 2 atom stereocenters. The van der Waals surface area contributed by atoms with Crippen molar-refractivity contribution in [2.24, 2.45) is 17.4 Å². The van der Waals surface area contributed by atoms with Gasteiger partial charge in [-0.3, -0.25) is 14.6 Å². The minimum Gasteiger partial charge on any atom is -0.364 e. The second kappa shape index (κ2) is 6.00. The Morgan fingerprint density at radius 3 is 2.75 bits per heavy atom. The van der Waals surface area contributed by atoms with Crippen molar-refractivity contribution in [1.82, 2.24) is 9.88 Å². The number of aromatic nitrogens is 1. The van der Waals surface area contributed by atoms with Crippen LogP contribution in [-0.2, 0) is 0 Å². The Bertz CT molecular complexity index is 500. The molecule has 0 bridgehead atoms. The number of pyridine rings is 1. The van der Waals surface area contributed by atoms with E-state index in [0.29, 0.717) is 24.6 Å². The molecule has 0 aromatic carbocycles. The highest BCUT2D eigenvalue weighted by Crippen LogP contribution is 2.24. The summed E-state index contributed by atoms with van der Waals surface area (Å²) >= 11 is 0. The number of amides is 2. The number of primary amides is 1. The summed E-state index contributed by atoms with van der Waals surface area (Å²) in [5, 5.41) is 0. The predicted molar refractivity (Wildman–Crippen MR) is 75.0 cm³/mol. The number of nitrogens with two attached hydrogens (primary N) is 2. The first-order chi connectivity index (χ1) is 9.54. The molecule has 1 aliphatic rings. The summed E-state index contributed by atoms with van der Waals surface area (Å²) < 4.78 is 0. The van der Waals surface area contributed by atoms with Gasteiger partial charge in [-0.1, -0.05) is 6.92 Å². The molecule has 4 N–H and O–H groups in total. The van der Waals surface area contributed by atoms with Crippen LogP contribution in [0, 0.1) is 5.92 Å². The SMILES string of the molecule is CC1CCCN(C(=O)c2ccc(C(N)=O)nc2)C1CN. The van der Waals surface area contributed by atoms with E-state index in [0.717, 1.165) is 12.8 Å². The molecule has 2 amide bonds. The number of nitrogens with zero attached hydrogens (tertiary/aromatic N) is 2. The summed E-state index contributed by atoms with van der Waals surface area (Å²) in [4.78, 5) is 29.2. The van der Waals surface area contributed by atoms with Gasteiger partial charge in [-0.2, -0.15) is 0 Å². The van der Waals surface area contributed by atoms with Gasteiger partial charge in [0.1, 0.15) is 5.69 Å². The fraction of sp³-hybridized carbons (Fsp3) is 0.500. The topological polar surface area (TPSA) is 102 Å². The minimum atomic E-state index is -0.601. The first-order valence-electron chi connectivity index (χ1n) is 6.81. The average molecular weight is 276 g/mol. The third-order valence-electron chi connectivity index (χ3n) is 3.88. The molecule has 6 heteroatoms. The fourth-order valence-corrected chi connectivity index (χ4v) is 2.69. The molecule has 108 valence electrons. The molecule has 0 radical (unpaired) electrons. The Morgan fingerprint density at radius 2 is 2.20 bits per heavy atom. The van der Waals surface area contributed by atoms with E-state index in [1.165, 1.54) is 12.3 Å². The number of piperidine rings is 1. The second-order valence-electron chi connectivity index (χ2n) is 5.22. The summed E-state index contributed by atoms with van der Waals surface area (Å²) in [6.45, 7) is 3.29. The molecular formula is C14H20N4O2. The Balaban J connectivity index is 2.19. The number of carbonyl (C=O) groups is 2. The van der Waals surface area contributed by atoms with Crippen LogP contribution < -0.4 is 11.5 Å².